The molecule has 0 aliphatic rings. The van der Waals surface area contributed by atoms with Crippen LogP contribution in [0.5, 0.6) is 0 Å². The fraction of sp³-hybridized carbons (Fsp3) is 0.300. The smallest absolute Gasteiger partial charge is 0.234 e. The molecule has 2 aromatic heterocycles. The Morgan fingerprint density at radius 1 is 0.941 bits per heavy atom. The molecule has 0 bridgehead atoms. The SMILES string of the molecule is CNc1nc(NC)nc(Nc2ccc(C)[nH]2)n1. The Bertz CT molecular complexity index is 483. The summed E-state index contributed by atoms with van der Waals surface area (Å²) in [5.41, 5.74) is 1.07. The summed E-state index contributed by atoms with van der Waals surface area (Å²) >= 11 is 0. The topological polar surface area (TPSA) is 90.5 Å². The Labute approximate surface area is 99.1 Å². The third-order valence-corrected chi connectivity index (χ3v) is 2.16. The van der Waals surface area contributed by atoms with Crippen LogP contribution in [0.4, 0.5) is 23.7 Å². The lowest BCUT2D eigenvalue weighted by molar-refractivity contribution is 1.05. The van der Waals surface area contributed by atoms with E-state index in [9.17, 15) is 0 Å². The van der Waals surface area contributed by atoms with Gasteiger partial charge in [-0.2, -0.15) is 15.0 Å². The van der Waals surface area contributed by atoms with E-state index in [1.54, 1.807) is 14.1 Å². The third-order valence-electron chi connectivity index (χ3n) is 2.16. The fourth-order valence-electron chi connectivity index (χ4n) is 1.35. The van der Waals surface area contributed by atoms with E-state index < -0.39 is 0 Å². The number of hydrogen-bond acceptors (Lipinski definition) is 6. The summed E-state index contributed by atoms with van der Waals surface area (Å²) < 4.78 is 0. The number of anilines is 4. The summed E-state index contributed by atoms with van der Waals surface area (Å²) in [5.74, 6) is 2.35. The van der Waals surface area contributed by atoms with Crippen molar-refractivity contribution < 1.29 is 0 Å². The van der Waals surface area contributed by atoms with E-state index in [0.29, 0.717) is 17.8 Å². The molecule has 0 aliphatic carbocycles. The molecule has 0 aliphatic heterocycles. The minimum Gasteiger partial charge on any atom is -0.357 e. The van der Waals surface area contributed by atoms with Crippen LogP contribution in [-0.2, 0) is 0 Å². The predicted octanol–water partition coefficient (Wildman–Crippen LogP) is 1.34. The molecular formula is C10H15N7. The van der Waals surface area contributed by atoms with Gasteiger partial charge in [-0.15, -0.1) is 0 Å². The van der Waals surface area contributed by atoms with Crippen molar-refractivity contribution in [1.29, 1.82) is 0 Å². The van der Waals surface area contributed by atoms with Crippen LogP contribution in [0.25, 0.3) is 0 Å². The maximum absolute atomic E-state index is 4.20. The summed E-state index contributed by atoms with van der Waals surface area (Å²) in [6, 6.07) is 3.90. The van der Waals surface area contributed by atoms with Crippen LogP contribution in [0.1, 0.15) is 5.69 Å². The zero-order valence-corrected chi connectivity index (χ0v) is 10.00. The van der Waals surface area contributed by atoms with Gasteiger partial charge in [0.25, 0.3) is 0 Å². The molecule has 7 heteroatoms. The molecule has 0 saturated heterocycles. The fourth-order valence-corrected chi connectivity index (χ4v) is 1.35. The van der Waals surface area contributed by atoms with Gasteiger partial charge in [-0.25, -0.2) is 0 Å². The zero-order valence-electron chi connectivity index (χ0n) is 10.00. The molecule has 0 atom stereocenters. The molecule has 2 rings (SSSR count). The summed E-state index contributed by atoms with van der Waals surface area (Å²) in [4.78, 5) is 15.7. The number of hydrogen-bond donors (Lipinski definition) is 4. The van der Waals surface area contributed by atoms with Crippen molar-refractivity contribution in [1.82, 2.24) is 19.9 Å². The average molecular weight is 233 g/mol. The van der Waals surface area contributed by atoms with Crippen molar-refractivity contribution in [2.75, 3.05) is 30.0 Å². The highest BCUT2D eigenvalue weighted by Crippen LogP contribution is 2.14. The van der Waals surface area contributed by atoms with Gasteiger partial charge >= 0.3 is 0 Å². The maximum Gasteiger partial charge on any atom is 0.234 e. The van der Waals surface area contributed by atoms with Crippen molar-refractivity contribution in [3.8, 4) is 0 Å². The van der Waals surface area contributed by atoms with E-state index in [4.69, 9.17) is 0 Å². The van der Waals surface area contributed by atoms with Gasteiger partial charge < -0.3 is 20.9 Å². The second-order valence-electron chi connectivity index (χ2n) is 3.49. The quantitative estimate of drug-likeness (QED) is 0.637. The molecule has 0 spiro atoms. The second kappa shape index (κ2) is 4.69. The Kier molecular flexibility index (Phi) is 3.08. The van der Waals surface area contributed by atoms with Gasteiger partial charge in [-0.3, -0.25) is 0 Å². The van der Waals surface area contributed by atoms with E-state index in [0.717, 1.165) is 11.5 Å². The molecule has 0 saturated carbocycles. The Balaban J connectivity index is 2.25. The summed E-state index contributed by atoms with van der Waals surface area (Å²) in [6.45, 7) is 1.98. The van der Waals surface area contributed by atoms with Gasteiger partial charge in [0, 0.05) is 19.8 Å². The molecule has 4 N–H and O–H groups in total. The van der Waals surface area contributed by atoms with Gasteiger partial charge in [0.2, 0.25) is 17.8 Å². The van der Waals surface area contributed by atoms with E-state index in [2.05, 4.69) is 35.9 Å². The standard InChI is InChI=1S/C10H15N7/c1-6-4-5-7(13-6)14-10-16-8(11-2)15-9(12-3)17-10/h4-5,13H,1-3H3,(H3,11,12,14,15,16,17). The highest BCUT2D eigenvalue weighted by Gasteiger charge is 2.05. The first-order valence-electron chi connectivity index (χ1n) is 5.25. The van der Waals surface area contributed by atoms with Crippen molar-refractivity contribution in [2.45, 2.75) is 6.92 Å². The minimum absolute atomic E-state index is 0.482. The normalized spacial score (nSPS) is 10.1. The van der Waals surface area contributed by atoms with Crippen LogP contribution >= 0.6 is 0 Å². The molecule has 0 unspecified atom stereocenters. The van der Waals surface area contributed by atoms with Crippen LogP contribution in [0.15, 0.2) is 12.1 Å². The van der Waals surface area contributed by atoms with Gasteiger partial charge in [0.1, 0.15) is 5.82 Å². The first-order valence-corrected chi connectivity index (χ1v) is 5.25. The predicted molar refractivity (Wildman–Crippen MR) is 67.7 cm³/mol. The van der Waals surface area contributed by atoms with E-state index in [-0.39, 0.29) is 0 Å². The largest absolute Gasteiger partial charge is 0.357 e. The summed E-state index contributed by atoms with van der Waals surface area (Å²) in [5, 5.41) is 8.84. The molecule has 0 aromatic carbocycles. The number of aromatic amines is 1. The number of aryl methyl sites for hydroxylation is 1. The highest BCUT2D eigenvalue weighted by atomic mass is 15.3. The number of H-pyrrole nitrogens is 1. The lowest BCUT2D eigenvalue weighted by Crippen LogP contribution is -2.07. The molecule has 0 fully saturated rings. The Morgan fingerprint density at radius 3 is 2.00 bits per heavy atom. The first-order chi connectivity index (χ1) is 8.21. The average Bonchev–Trinajstić information content (AvgIpc) is 2.74. The molecule has 0 amide bonds. The molecule has 17 heavy (non-hydrogen) atoms. The van der Waals surface area contributed by atoms with Gasteiger partial charge in [-0.1, -0.05) is 0 Å². The van der Waals surface area contributed by atoms with Crippen molar-refractivity contribution >= 4 is 23.7 Å². The second-order valence-corrected chi connectivity index (χ2v) is 3.49. The Morgan fingerprint density at radius 2 is 1.53 bits per heavy atom. The Hall–Kier alpha value is -2.31. The minimum atomic E-state index is 0.482. The maximum atomic E-state index is 4.20. The molecule has 0 radical (unpaired) electrons. The summed E-state index contributed by atoms with van der Waals surface area (Å²) in [6.07, 6.45) is 0. The lowest BCUT2D eigenvalue weighted by atomic mass is 10.5. The lowest BCUT2D eigenvalue weighted by Gasteiger charge is -2.06. The highest BCUT2D eigenvalue weighted by molar-refractivity contribution is 5.52. The van der Waals surface area contributed by atoms with Crippen LogP contribution in [-0.4, -0.2) is 34.0 Å². The molecule has 2 heterocycles. The van der Waals surface area contributed by atoms with Crippen molar-refractivity contribution in [2.24, 2.45) is 0 Å². The molecular weight excluding hydrogens is 218 g/mol. The molecule has 7 nitrogen and oxygen atoms in total. The van der Waals surface area contributed by atoms with Crippen LogP contribution in [0.3, 0.4) is 0 Å². The van der Waals surface area contributed by atoms with E-state index in [1.165, 1.54) is 0 Å². The molecule has 90 valence electrons. The van der Waals surface area contributed by atoms with Gasteiger partial charge in [0.15, 0.2) is 0 Å². The number of aromatic nitrogens is 4. The first kappa shape index (κ1) is 11.2. The van der Waals surface area contributed by atoms with Crippen LogP contribution < -0.4 is 16.0 Å². The monoisotopic (exact) mass is 233 g/mol. The van der Waals surface area contributed by atoms with Gasteiger partial charge in [-0.05, 0) is 19.1 Å². The van der Waals surface area contributed by atoms with Crippen LogP contribution in [0, 0.1) is 6.92 Å². The van der Waals surface area contributed by atoms with E-state index >= 15 is 0 Å². The zero-order chi connectivity index (χ0) is 12.3. The number of nitrogens with one attached hydrogen (secondary N) is 4. The van der Waals surface area contributed by atoms with Crippen LogP contribution in [0.2, 0.25) is 0 Å². The number of nitrogens with zero attached hydrogens (tertiary/aromatic N) is 3. The molecule has 2 aromatic rings. The van der Waals surface area contributed by atoms with Crippen molar-refractivity contribution in [3.05, 3.63) is 17.8 Å². The third kappa shape index (κ3) is 2.63. The summed E-state index contributed by atoms with van der Waals surface area (Å²) in [7, 11) is 3.52. The van der Waals surface area contributed by atoms with E-state index in [1.807, 2.05) is 19.1 Å². The van der Waals surface area contributed by atoms with Crippen molar-refractivity contribution in [3.63, 3.8) is 0 Å². The van der Waals surface area contributed by atoms with Gasteiger partial charge in [0.05, 0.1) is 0 Å². The number of rotatable bonds is 4.